The average molecular weight is 263 g/mol. The van der Waals surface area contributed by atoms with Crippen LogP contribution < -0.4 is 14.8 Å². The van der Waals surface area contributed by atoms with Gasteiger partial charge in [-0.05, 0) is 18.1 Å². The first kappa shape index (κ1) is 12.3. The number of nitrogens with one attached hydrogen (secondary N) is 1. The van der Waals surface area contributed by atoms with E-state index in [-0.39, 0.29) is 11.9 Å². The number of hydrogen-bond acceptors (Lipinski definition) is 5. The standard InChI is InChI=1S/C14H17NO4/c1-17-8-4-9-10(12(5-8)18-2)7-15-14(6-11(9)14)13(16)19-3/h4-5,11,15H,6-7H2,1-3H3/t11-,14-/m1/s1. The van der Waals surface area contributed by atoms with Crippen LogP contribution in [-0.2, 0) is 16.1 Å². The van der Waals surface area contributed by atoms with E-state index in [9.17, 15) is 4.79 Å². The van der Waals surface area contributed by atoms with Crippen LogP contribution in [0.3, 0.4) is 0 Å². The van der Waals surface area contributed by atoms with Crippen molar-refractivity contribution in [3.63, 3.8) is 0 Å². The van der Waals surface area contributed by atoms with Crippen LogP contribution in [0.25, 0.3) is 0 Å². The van der Waals surface area contributed by atoms with Crippen molar-refractivity contribution in [2.24, 2.45) is 0 Å². The molecule has 0 amide bonds. The molecule has 1 aromatic carbocycles. The molecule has 0 spiro atoms. The van der Waals surface area contributed by atoms with E-state index in [2.05, 4.69) is 5.32 Å². The largest absolute Gasteiger partial charge is 0.497 e. The van der Waals surface area contributed by atoms with Gasteiger partial charge in [-0.2, -0.15) is 0 Å². The molecule has 0 aromatic heterocycles. The molecule has 5 heteroatoms. The van der Waals surface area contributed by atoms with Crippen molar-refractivity contribution in [2.45, 2.75) is 24.4 Å². The van der Waals surface area contributed by atoms with Crippen molar-refractivity contribution in [3.05, 3.63) is 23.3 Å². The first-order valence-electron chi connectivity index (χ1n) is 6.24. The number of carbonyl (C=O) groups is 1. The summed E-state index contributed by atoms with van der Waals surface area (Å²) >= 11 is 0. The molecule has 0 saturated heterocycles. The SMILES string of the molecule is COC(=O)[C@@]12C[C@@H]1c1cc(OC)cc(OC)c1CN2. The van der Waals surface area contributed by atoms with E-state index in [1.807, 2.05) is 12.1 Å². The van der Waals surface area contributed by atoms with E-state index in [0.717, 1.165) is 29.0 Å². The van der Waals surface area contributed by atoms with Crippen molar-refractivity contribution in [1.29, 1.82) is 0 Å². The van der Waals surface area contributed by atoms with Gasteiger partial charge in [-0.3, -0.25) is 10.1 Å². The molecule has 1 aliphatic carbocycles. The second-order valence-electron chi connectivity index (χ2n) is 4.97. The minimum Gasteiger partial charge on any atom is -0.497 e. The predicted molar refractivity (Wildman–Crippen MR) is 68.5 cm³/mol. The Kier molecular flexibility index (Phi) is 2.67. The van der Waals surface area contributed by atoms with Gasteiger partial charge in [-0.15, -0.1) is 0 Å². The van der Waals surface area contributed by atoms with E-state index >= 15 is 0 Å². The molecule has 19 heavy (non-hydrogen) atoms. The third-order valence-corrected chi connectivity index (χ3v) is 4.14. The molecule has 2 aliphatic rings. The lowest BCUT2D eigenvalue weighted by Crippen LogP contribution is -2.43. The molecular formula is C14H17NO4. The van der Waals surface area contributed by atoms with Gasteiger partial charge < -0.3 is 14.2 Å². The zero-order chi connectivity index (χ0) is 13.6. The maximum Gasteiger partial charge on any atom is 0.326 e. The van der Waals surface area contributed by atoms with Gasteiger partial charge >= 0.3 is 5.97 Å². The van der Waals surface area contributed by atoms with Gasteiger partial charge in [0.15, 0.2) is 0 Å². The fraction of sp³-hybridized carbons (Fsp3) is 0.500. The summed E-state index contributed by atoms with van der Waals surface area (Å²) in [4.78, 5) is 11.9. The first-order chi connectivity index (χ1) is 9.16. The van der Waals surface area contributed by atoms with Gasteiger partial charge in [0, 0.05) is 24.1 Å². The minimum atomic E-state index is -0.543. The lowest BCUT2D eigenvalue weighted by Gasteiger charge is -2.26. The van der Waals surface area contributed by atoms with Crippen LogP contribution in [0.15, 0.2) is 12.1 Å². The average Bonchev–Trinajstić information content (AvgIpc) is 3.21. The summed E-state index contributed by atoms with van der Waals surface area (Å²) in [5.41, 5.74) is 1.68. The molecule has 102 valence electrons. The molecule has 1 aliphatic heterocycles. The summed E-state index contributed by atoms with van der Waals surface area (Å²) in [5.74, 6) is 1.51. The number of fused-ring (bicyclic) bond motifs is 3. The van der Waals surface area contributed by atoms with E-state index < -0.39 is 5.54 Å². The number of ether oxygens (including phenoxy) is 3. The van der Waals surface area contributed by atoms with Gasteiger partial charge in [-0.1, -0.05) is 0 Å². The quantitative estimate of drug-likeness (QED) is 0.831. The van der Waals surface area contributed by atoms with Gasteiger partial charge in [0.25, 0.3) is 0 Å². The Labute approximate surface area is 111 Å². The molecule has 5 nitrogen and oxygen atoms in total. The van der Waals surface area contributed by atoms with Crippen molar-refractivity contribution in [2.75, 3.05) is 21.3 Å². The van der Waals surface area contributed by atoms with Crippen molar-refractivity contribution in [3.8, 4) is 11.5 Å². The molecule has 0 unspecified atom stereocenters. The van der Waals surface area contributed by atoms with Crippen LogP contribution in [0.4, 0.5) is 0 Å². The smallest absolute Gasteiger partial charge is 0.326 e. The number of carbonyl (C=O) groups excluding carboxylic acids is 1. The van der Waals surface area contributed by atoms with Crippen LogP contribution in [0.2, 0.25) is 0 Å². The Bertz CT molecular complexity index is 542. The number of esters is 1. The first-order valence-corrected chi connectivity index (χ1v) is 6.24. The van der Waals surface area contributed by atoms with Crippen molar-refractivity contribution >= 4 is 5.97 Å². The van der Waals surface area contributed by atoms with E-state index in [1.165, 1.54) is 7.11 Å². The maximum absolute atomic E-state index is 11.9. The summed E-state index contributed by atoms with van der Waals surface area (Å²) in [6.07, 6.45) is 0.767. The summed E-state index contributed by atoms with van der Waals surface area (Å²) in [5, 5.41) is 3.29. The Morgan fingerprint density at radius 2 is 2.11 bits per heavy atom. The molecule has 0 radical (unpaired) electrons. The molecule has 1 fully saturated rings. The second kappa shape index (κ2) is 4.13. The Morgan fingerprint density at radius 1 is 1.32 bits per heavy atom. The Morgan fingerprint density at radius 3 is 2.74 bits per heavy atom. The minimum absolute atomic E-state index is 0.146. The summed E-state index contributed by atoms with van der Waals surface area (Å²) in [6.45, 7) is 0.605. The summed E-state index contributed by atoms with van der Waals surface area (Å²) in [7, 11) is 4.70. The number of benzene rings is 1. The molecule has 1 saturated carbocycles. The van der Waals surface area contributed by atoms with Crippen LogP contribution in [0.5, 0.6) is 11.5 Å². The van der Waals surface area contributed by atoms with Gasteiger partial charge in [0.05, 0.1) is 21.3 Å². The predicted octanol–water partition coefficient (Wildman–Crippen LogP) is 1.21. The molecule has 3 rings (SSSR count). The Balaban J connectivity index is 2.04. The second-order valence-corrected chi connectivity index (χ2v) is 4.97. The number of methoxy groups -OCH3 is 3. The molecule has 2 atom stereocenters. The topological polar surface area (TPSA) is 56.8 Å². The highest BCUT2D eigenvalue weighted by Crippen LogP contribution is 2.57. The zero-order valence-electron chi connectivity index (χ0n) is 11.3. The summed E-state index contributed by atoms with van der Waals surface area (Å²) in [6, 6.07) is 3.86. The fourth-order valence-corrected chi connectivity index (χ4v) is 3.00. The monoisotopic (exact) mass is 263 g/mol. The van der Waals surface area contributed by atoms with Crippen LogP contribution >= 0.6 is 0 Å². The van der Waals surface area contributed by atoms with Gasteiger partial charge in [0.1, 0.15) is 17.0 Å². The molecule has 1 N–H and O–H groups in total. The van der Waals surface area contributed by atoms with E-state index in [0.29, 0.717) is 6.54 Å². The molecule has 1 aromatic rings. The third kappa shape index (κ3) is 1.61. The Hall–Kier alpha value is -1.75. The van der Waals surface area contributed by atoms with Crippen LogP contribution in [0.1, 0.15) is 23.5 Å². The highest BCUT2D eigenvalue weighted by Gasteiger charge is 2.64. The van der Waals surface area contributed by atoms with Gasteiger partial charge in [0.2, 0.25) is 0 Å². The van der Waals surface area contributed by atoms with Crippen LogP contribution in [-0.4, -0.2) is 32.8 Å². The molecule has 1 heterocycles. The third-order valence-electron chi connectivity index (χ3n) is 4.14. The zero-order valence-corrected chi connectivity index (χ0v) is 11.3. The number of hydrogen-bond donors (Lipinski definition) is 1. The number of rotatable bonds is 3. The summed E-state index contributed by atoms with van der Waals surface area (Å²) < 4.78 is 15.6. The van der Waals surface area contributed by atoms with Gasteiger partial charge in [-0.25, -0.2) is 0 Å². The van der Waals surface area contributed by atoms with Crippen molar-refractivity contribution < 1.29 is 19.0 Å². The van der Waals surface area contributed by atoms with Crippen LogP contribution in [0, 0.1) is 0 Å². The van der Waals surface area contributed by atoms with Crippen molar-refractivity contribution in [1.82, 2.24) is 5.32 Å². The van der Waals surface area contributed by atoms with E-state index in [4.69, 9.17) is 14.2 Å². The highest BCUT2D eigenvalue weighted by molar-refractivity contribution is 5.88. The normalized spacial score (nSPS) is 27.0. The molecular weight excluding hydrogens is 246 g/mol. The molecule has 0 bridgehead atoms. The lowest BCUT2D eigenvalue weighted by molar-refractivity contribution is -0.144. The highest BCUT2D eigenvalue weighted by atomic mass is 16.5. The lowest BCUT2D eigenvalue weighted by atomic mass is 9.94. The van der Waals surface area contributed by atoms with E-state index in [1.54, 1.807) is 14.2 Å². The fourth-order valence-electron chi connectivity index (χ4n) is 3.00. The maximum atomic E-state index is 11.9.